The molecular weight excluding hydrogens is 342 g/mol. The Labute approximate surface area is 153 Å². The first-order valence-corrected chi connectivity index (χ1v) is 9.15. The molecule has 3 rings (SSSR count). The van der Waals surface area contributed by atoms with Crippen molar-refractivity contribution in [1.82, 2.24) is 15.1 Å². The molecule has 0 spiro atoms. The van der Waals surface area contributed by atoms with Gasteiger partial charge in [0.1, 0.15) is 0 Å². The lowest BCUT2D eigenvalue weighted by atomic mass is 10.1. The Balaban J connectivity index is 1.53. The number of carbonyl (C=O) groups is 2. The summed E-state index contributed by atoms with van der Waals surface area (Å²) in [6.07, 6.45) is 1.24. The minimum absolute atomic E-state index is 0.00619. The topological polar surface area (TPSA) is 61.9 Å². The van der Waals surface area contributed by atoms with Crippen LogP contribution < -0.4 is 5.32 Å². The molecule has 0 saturated carbocycles. The van der Waals surface area contributed by atoms with Crippen LogP contribution in [-0.4, -0.2) is 73.6 Å². The molecule has 2 amide bonds. The monoisotopic (exact) mass is 365 g/mol. The molecule has 0 bridgehead atoms. The van der Waals surface area contributed by atoms with Gasteiger partial charge in [-0.15, -0.1) is 0 Å². The van der Waals surface area contributed by atoms with Gasteiger partial charge in [0.15, 0.2) is 0 Å². The predicted octanol–water partition coefficient (Wildman–Crippen LogP) is 1.39. The Kier molecular flexibility index (Phi) is 6.29. The lowest BCUT2D eigenvalue weighted by molar-refractivity contribution is -0.132. The fourth-order valence-corrected chi connectivity index (χ4v) is 3.36. The fraction of sp³-hybridized carbons (Fsp3) is 0.556. The summed E-state index contributed by atoms with van der Waals surface area (Å²) < 4.78 is 5.41. The maximum atomic E-state index is 12.6. The van der Waals surface area contributed by atoms with Crippen LogP contribution in [0.4, 0.5) is 0 Å². The molecule has 0 aliphatic carbocycles. The Morgan fingerprint density at radius 3 is 2.56 bits per heavy atom. The highest BCUT2D eigenvalue weighted by molar-refractivity contribution is 6.30. The zero-order valence-electron chi connectivity index (χ0n) is 14.2. The Hall–Kier alpha value is -1.63. The van der Waals surface area contributed by atoms with Crippen LogP contribution >= 0.6 is 11.6 Å². The number of morpholine rings is 1. The summed E-state index contributed by atoms with van der Waals surface area (Å²) in [4.78, 5) is 28.8. The summed E-state index contributed by atoms with van der Waals surface area (Å²) in [5.41, 5.74) is 0.632. The van der Waals surface area contributed by atoms with Gasteiger partial charge in [-0.3, -0.25) is 9.59 Å². The number of halogens is 1. The van der Waals surface area contributed by atoms with Gasteiger partial charge in [0.25, 0.3) is 5.91 Å². The molecule has 2 aliphatic rings. The molecule has 1 aromatic carbocycles. The van der Waals surface area contributed by atoms with E-state index in [1.807, 2.05) is 9.80 Å². The van der Waals surface area contributed by atoms with Crippen LogP contribution in [0.3, 0.4) is 0 Å². The van der Waals surface area contributed by atoms with E-state index >= 15 is 0 Å². The highest BCUT2D eigenvalue weighted by Crippen LogP contribution is 2.14. The van der Waals surface area contributed by atoms with Crippen molar-refractivity contribution in [2.24, 2.45) is 0 Å². The summed E-state index contributed by atoms with van der Waals surface area (Å²) in [6.45, 7) is 4.57. The number of nitrogens with one attached hydrogen (secondary N) is 1. The van der Waals surface area contributed by atoms with E-state index in [-0.39, 0.29) is 17.9 Å². The van der Waals surface area contributed by atoms with Crippen LogP contribution in [0.15, 0.2) is 24.3 Å². The third-order valence-electron chi connectivity index (χ3n) is 4.65. The van der Waals surface area contributed by atoms with E-state index in [0.717, 1.165) is 13.0 Å². The second kappa shape index (κ2) is 8.65. The van der Waals surface area contributed by atoms with E-state index in [1.165, 1.54) is 0 Å². The molecule has 6 nitrogen and oxygen atoms in total. The third kappa shape index (κ3) is 4.93. The standard InChI is InChI=1S/C18H24ClN3O3/c19-15-4-2-14(3-5-15)18(24)22-8-1-7-21(9-10-22)17(23)12-16-13-25-11-6-20-16/h2-5,16,20H,1,6-13H2. The van der Waals surface area contributed by atoms with Crippen molar-refractivity contribution in [1.29, 1.82) is 0 Å². The van der Waals surface area contributed by atoms with E-state index in [2.05, 4.69) is 5.32 Å². The number of hydrogen-bond acceptors (Lipinski definition) is 4. The smallest absolute Gasteiger partial charge is 0.253 e. The summed E-state index contributed by atoms with van der Waals surface area (Å²) in [5, 5.41) is 3.93. The number of hydrogen-bond donors (Lipinski definition) is 1. The SMILES string of the molecule is O=C(CC1COCCN1)N1CCCN(C(=O)c2ccc(Cl)cc2)CC1. The summed E-state index contributed by atoms with van der Waals surface area (Å²) >= 11 is 5.88. The molecule has 2 heterocycles. The van der Waals surface area contributed by atoms with Gasteiger partial charge < -0.3 is 19.9 Å². The van der Waals surface area contributed by atoms with E-state index < -0.39 is 0 Å². The second-order valence-electron chi connectivity index (χ2n) is 6.46. The second-order valence-corrected chi connectivity index (χ2v) is 6.90. The largest absolute Gasteiger partial charge is 0.378 e. The van der Waals surface area contributed by atoms with Crippen molar-refractivity contribution in [3.05, 3.63) is 34.9 Å². The molecule has 0 radical (unpaired) electrons. The van der Waals surface area contributed by atoms with Crippen LogP contribution in [-0.2, 0) is 9.53 Å². The molecule has 1 aromatic rings. The summed E-state index contributed by atoms with van der Waals surface area (Å²) in [6, 6.07) is 7.03. The summed E-state index contributed by atoms with van der Waals surface area (Å²) in [7, 11) is 0. The zero-order chi connectivity index (χ0) is 17.6. The summed E-state index contributed by atoms with van der Waals surface area (Å²) in [5.74, 6) is 0.122. The van der Waals surface area contributed by atoms with Crippen LogP contribution in [0.2, 0.25) is 5.02 Å². The Bertz CT molecular complexity index is 602. The van der Waals surface area contributed by atoms with E-state index in [0.29, 0.717) is 56.4 Å². The molecule has 1 unspecified atom stereocenters. The first-order chi connectivity index (χ1) is 12.1. The molecule has 2 saturated heterocycles. The molecule has 136 valence electrons. The third-order valence-corrected chi connectivity index (χ3v) is 4.90. The van der Waals surface area contributed by atoms with Crippen LogP contribution in [0, 0.1) is 0 Å². The van der Waals surface area contributed by atoms with Gasteiger partial charge in [0, 0.05) is 55.8 Å². The number of amides is 2. The first kappa shape index (κ1) is 18.2. The molecule has 1 atom stereocenters. The molecule has 2 aliphatic heterocycles. The average molecular weight is 366 g/mol. The molecule has 1 N–H and O–H groups in total. The van der Waals surface area contributed by atoms with E-state index in [9.17, 15) is 9.59 Å². The molecular formula is C18H24ClN3O3. The lowest BCUT2D eigenvalue weighted by Crippen LogP contribution is -2.45. The average Bonchev–Trinajstić information content (AvgIpc) is 2.89. The number of carbonyl (C=O) groups excluding carboxylic acids is 2. The van der Waals surface area contributed by atoms with Crippen LogP contribution in [0.1, 0.15) is 23.2 Å². The quantitative estimate of drug-likeness (QED) is 0.879. The van der Waals surface area contributed by atoms with Gasteiger partial charge in [-0.2, -0.15) is 0 Å². The highest BCUT2D eigenvalue weighted by Gasteiger charge is 2.25. The Morgan fingerprint density at radius 2 is 1.84 bits per heavy atom. The normalized spacial score (nSPS) is 21.7. The van der Waals surface area contributed by atoms with Gasteiger partial charge in [0.2, 0.25) is 5.91 Å². The van der Waals surface area contributed by atoms with Crippen molar-refractivity contribution >= 4 is 23.4 Å². The number of ether oxygens (including phenoxy) is 1. The van der Waals surface area contributed by atoms with Crippen molar-refractivity contribution in [2.45, 2.75) is 18.9 Å². The van der Waals surface area contributed by atoms with Crippen molar-refractivity contribution in [3.8, 4) is 0 Å². The van der Waals surface area contributed by atoms with Gasteiger partial charge in [-0.25, -0.2) is 0 Å². The minimum Gasteiger partial charge on any atom is -0.378 e. The van der Waals surface area contributed by atoms with Gasteiger partial charge in [0.05, 0.1) is 13.2 Å². The fourth-order valence-electron chi connectivity index (χ4n) is 3.24. The first-order valence-electron chi connectivity index (χ1n) is 8.77. The predicted molar refractivity (Wildman–Crippen MR) is 95.8 cm³/mol. The number of rotatable bonds is 3. The maximum absolute atomic E-state index is 12.6. The molecule has 0 aromatic heterocycles. The van der Waals surface area contributed by atoms with Crippen LogP contribution in [0.25, 0.3) is 0 Å². The van der Waals surface area contributed by atoms with E-state index in [1.54, 1.807) is 24.3 Å². The number of benzene rings is 1. The number of nitrogens with zero attached hydrogens (tertiary/aromatic N) is 2. The van der Waals surface area contributed by atoms with Gasteiger partial charge >= 0.3 is 0 Å². The van der Waals surface area contributed by atoms with Gasteiger partial charge in [-0.05, 0) is 30.7 Å². The van der Waals surface area contributed by atoms with Crippen molar-refractivity contribution < 1.29 is 14.3 Å². The Morgan fingerprint density at radius 1 is 1.12 bits per heavy atom. The molecule has 25 heavy (non-hydrogen) atoms. The maximum Gasteiger partial charge on any atom is 0.253 e. The minimum atomic E-state index is -0.00619. The van der Waals surface area contributed by atoms with Crippen LogP contribution in [0.5, 0.6) is 0 Å². The molecule has 7 heteroatoms. The lowest BCUT2D eigenvalue weighted by Gasteiger charge is -2.27. The van der Waals surface area contributed by atoms with Gasteiger partial charge in [-0.1, -0.05) is 11.6 Å². The van der Waals surface area contributed by atoms with Crippen molar-refractivity contribution in [2.75, 3.05) is 45.9 Å². The highest BCUT2D eigenvalue weighted by atomic mass is 35.5. The molecule has 2 fully saturated rings. The van der Waals surface area contributed by atoms with E-state index in [4.69, 9.17) is 16.3 Å². The zero-order valence-corrected chi connectivity index (χ0v) is 15.0. The van der Waals surface area contributed by atoms with Crippen molar-refractivity contribution in [3.63, 3.8) is 0 Å².